The fourth-order valence-electron chi connectivity index (χ4n) is 2.53. The van der Waals surface area contributed by atoms with Crippen LogP contribution >= 0.6 is 11.6 Å². The van der Waals surface area contributed by atoms with E-state index in [-0.39, 0.29) is 28.6 Å². The Labute approximate surface area is 150 Å². The smallest absolute Gasteiger partial charge is 0.218 e. The summed E-state index contributed by atoms with van der Waals surface area (Å²) in [6.45, 7) is 2.19. The van der Waals surface area contributed by atoms with Gasteiger partial charge in [-0.25, -0.2) is 4.39 Å². The lowest BCUT2D eigenvalue weighted by molar-refractivity contribution is -0.117. The fourth-order valence-corrected chi connectivity index (χ4v) is 2.76. The van der Waals surface area contributed by atoms with Crippen molar-refractivity contribution < 1.29 is 14.0 Å². The molecule has 2 aromatic rings. The predicted molar refractivity (Wildman–Crippen MR) is 93.9 cm³/mol. The number of nitrogens with zero attached hydrogens (tertiary/aromatic N) is 1. The van der Waals surface area contributed by atoms with Gasteiger partial charge < -0.3 is 11.1 Å². The van der Waals surface area contributed by atoms with Crippen LogP contribution in [0.2, 0.25) is 5.02 Å². The molecule has 0 aliphatic carbocycles. The largest absolute Gasteiger partial charge is 0.370 e. The molecule has 1 aromatic carbocycles. The van der Waals surface area contributed by atoms with Crippen LogP contribution in [0.4, 0.5) is 4.39 Å². The third-order valence-corrected chi connectivity index (χ3v) is 4.13. The molecular weight excluding hydrogens is 345 g/mol. The van der Waals surface area contributed by atoms with Crippen molar-refractivity contribution in [3.05, 3.63) is 64.2 Å². The van der Waals surface area contributed by atoms with Crippen molar-refractivity contribution in [2.45, 2.75) is 25.8 Å². The first kappa shape index (κ1) is 19.0. The Morgan fingerprint density at radius 1 is 1.36 bits per heavy atom. The second-order valence-electron chi connectivity index (χ2n) is 5.53. The van der Waals surface area contributed by atoms with Crippen LogP contribution in [0, 0.1) is 5.82 Å². The van der Waals surface area contributed by atoms with Crippen molar-refractivity contribution in [1.82, 2.24) is 10.3 Å². The minimum atomic E-state index is -0.667. The second-order valence-corrected chi connectivity index (χ2v) is 5.93. The molecule has 0 aliphatic heterocycles. The minimum absolute atomic E-state index is 0.0436. The first-order chi connectivity index (χ1) is 12.0. The number of halogens is 2. The number of ketones is 1. The minimum Gasteiger partial charge on any atom is -0.370 e. The van der Waals surface area contributed by atoms with Crippen molar-refractivity contribution >= 4 is 23.3 Å². The SMILES string of the molecule is CC[C@@H](NCCC(N)=O)c1ccc(Cl)c(C(=O)c2cccnc2)c1F. The molecular formula is C18H19ClFN3O2. The molecule has 0 saturated heterocycles. The van der Waals surface area contributed by atoms with Crippen molar-refractivity contribution in [3.63, 3.8) is 0 Å². The number of hydrogen-bond acceptors (Lipinski definition) is 4. The van der Waals surface area contributed by atoms with Gasteiger partial charge in [-0.2, -0.15) is 0 Å². The Balaban J connectivity index is 2.35. The molecule has 132 valence electrons. The van der Waals surface area contributed by atoms with Crippen molar-refractivity contribution in [3.8, 4) is 0 Å². The highest BCUT2D eigenvalue weighted by molar-refractivity contribution is 6.35. The number of pyridine rings is 1. The maximum atomic E-state index is 15.0. The van der Waals surface area contributed by atoms with E-state index in [1.807, 2.05) is 6.92 Å². The Morgan fingerprint density at radius 2 is 2.12 bits per heavy atom. The zero-order valence-electron chi connectivity index (χ0n) is 13.8. The molecule has 1 heterocycles. The van der Waals surface area contributed by atoms with Gasteiger partial charge in [0.25, 0.3) is 0 Å². The highest BCUT2D eigenvalue weighted by atomic mass is 35.5. The lowest BCUT2D eigenvalue weighted by Gasteiger charge is -2.19. The van der Waals surface area contributed by atoms with Gasteiger partial charge in [0, 0.05) is 42.5 Å². The lowest BCUT2D eigenvalue weighted by Crippen LogP contribution is -2.27. The first-order valence-corrected chi connectivity index (χ1v) is 8.27. The van der Waals surface area contributed by atoms with Crippen molar-refractivity contribution in [2.24, 2.45) is 5.73 Å². The molecule has 0 radical (unpaired) electrons. The van der Waals surface area contributed by atoms with Crippen LogP contribution in [-0.4, -0.2) is 23.2 Å². The Morgan fingerprint density at radius 3 is 2.72 bits per heavy atom. The second kappa shape index (κ2) is 8.69. The van der Waals surface area contributed by atoms with E-state index in [9.17, 15) is 9.59 Å². The molecule has 1 amide bonds. The van der Waals surface area contributed by atoms with Crippen molar-refractivity contribution in [2.75, 3.05) is 6.54 Å². The molecule has 1 aromatic heterocycles. The average molecular weight is 364 g/mol. The van der Waals surface area contributed by atoms with Crippen LogP contribution in [-0.2, 0) is 4.79 Å². The van der Waals surface area contributed by atoms with Gasteiger partial charge in [0.1, 0.15) is 5.82 Å². The molecule has 7 heteroatoms. The maximum absolute atomic E-state index is 15.0. The molecule has 0 fully saturated rings. The number of nitrogens with one attached hydrogen (secondary N) is 1. The molecule has 0 bridgehead atoms. The summed E-state index contributed by atoms with van der Waals surface area (Å²) in [6.07, 6.45) is 3.61. The molecule has 25 heavy (non-hydrogen) atoms. The lowest BCUT2D eigenvalue weighted by atomic mass is 9.96. The third-order valence-electron chi connectivity index (χ3n) is 3.82. The predicted octanol–water partition coefficient (Wildman–Crippen LogP) is 3.02. The standard InChI is InChI=1S/C18H19ClFN3O2/c1-2-14(23-9-7-15(21)24)12-5-6-13(19)16(17(12)20)18(25)11-4-3-8-22-10-11/h3-6,8,10,14,23H,2,7,9H2,1H3,(H2,21,24)/t14-/m1/s1. The van der Waals surface area contributed by atoms with Gasteiger partial charge in [-0.15, -0.1) is 0 Å². The molecule has 0 saturated carbocycles. The number of carbonyl (C=O) groups excluding carboxylic acids is 2. The molecule has 3 N–H and O–H groups in total. The van der Waals surface area contributed by atoms with E-state index in [1.54, 1.807) is 18.2 Å². The normalized spacial score (nSPS) is 12.0. The van der Waals surface area contributed by atoms with Crippen LogP contribution < -0.4 is 11.1 Å². The van der Waals surface area contributed by atoms with E-state index in [4.69, 9.17) is 17.3 Å². The van der Waals surface area contributed by atoms with Crippen LogP contribution in [0.25, 0.3) is 0 Å². The van der Waals surface area contributed by atoms with Gasteiger partial charge in [-0.3, -0.25) is 14.6 Å². The van der Waals surface area contributed by atoms with E-state index < -0.39 is 17.5 Å². The summed E-state index contributed by atoms with van der Waals surface area (Å²) in [5.74, 6) is -1.63. The Bertz CT molecular complexity index is 768. The number of rotatable bonds is 8. The van der Waals surface area contributed by atoms with E-state index in [2.05, 4.69) is 10.3 Å². The van der Waals surface area contributed by atoms with Crippen LogP contribution in [0.5, 0.6) is 0 Å². The van der Waals surface area contributed by atoms with Gasteiger partial charge in [0.2, 0.25) is 5.91 Å². The summed E-state index contributed by atoms with van der Waals surface area (Å²) in [5.41, 5.74) is 5.52. The Kier molecular flexibility index (Phi) is 6.61. The number of benzene rings is 1. The summed E-state index contributed by atoms with van der Waals surface area (Å²) >= 11 is 6.08. The number of amides is 1. The quantitative estimate of drug-likeness (QED) is 0.706. The fraction of sp³-hybridized carbons (Fsp3) is 0.278. The first-order valence-electron chi connectivity index (χ1n) is 7.90. The third kappa shape index (κ3) is 4.61. The summed E-state index contributed by atoms with van der Waals surface area (Å²) in [4.78, 5) is 27.3. The van der Waals surface area contributed by atoms with Crippen molar-refractivity contribution in [1.29, 1.82) is 0 Å². The van der Waals surface area contributed by atoms with Crippen LogP contribution in [0.3, 0.4) is 0 Å². The van der Waals surface area contributed by atoms with Crippen LogP contribution in [0.1, 0.15) is 47.3 Å². The maximum Gasteiger partial charge on any atom is 0.218 e. The van der Waals surface area contributed by atoms with Gasteiger partial charge in [-0.05, 0) is 24.6 Å². The van der Waals surface area contributed by atoms with Crippen LogP contribution in [0.15, 0.2) is 36.7 Å². The zero-order chi connectivity index (χ0) is 18.4. The zero-order valence-corrected chi connectivity index (χ0v) is 14.5. The number of carbonyl (C=O) groups is 2. The molecule has 0 aliphatic rings. The molecule has 5 nitrogen and oxygen atoms in total. The average Bonchev–Trinajstić information content (AvgIpc) is 2.60. The molecule has 0 unspecified atom stereocenters. The summed E-state index contributed by atoms with van der Waals surface area (Å²) < 4.78 is 15.0. The van der Waals surface area contributed by atoms with E-state index >= 15 is 4.39 Å². The summed E-state index contributed by atoms with van der Waals surface area (Å²) in [6, 6.07) is 5.84. The number of primary amides is 1. The topological polar surface area (TPSA) is 85.1 Å². The summed E-state index contributed by atoms with van der Waals surface area (Å²) in [5, 5.41) is 3.12. The monoisotopic (exact) mass is 363 g/mol. The summed E-state index contributed by atoms with van der Waals surface area (Å²) in [7, 11) is 0. The molecule has 2 rings (SSSR count). The van der Waals surface area contributed by atoms with Gasteiger partial charge in [0.15, 0.2) is 5.78 Å². The number of aromatic nitrogens is 1. The molecule has 0 spiro atoms. The number of nitrogens with two attached hydrogens (primary N) is 1. The molecule has 1 atom stereocenters. The van der Waals surface area contributed by atoms with Gasteiger partial charge >= 0.3 is 0 Å². The van der Waals surface area contributed by atoms with E-state index in [0.29, 0.717) is 18.5 Å². The number of hydrogen-bond donors (Lipinski definition) is 2. The van der Waals surface area contributed by atoms with Gasteiger partial charge in [0.05, 0.1) is 10.6 Å². The van der Waals surface area contributed by atoms with Gasteiger partial charge in [-0.1, -0.05) is 24.6 Å². The Hall–Kier alpha value is -2.31. The van der Waals surface area contributed by atoms with E-state index in [0.717, 1.165) is 0 Å². The van der Waals surface area contributed by atoms with E-state index in [1.165, 1.54) is 18.5 Å². The highest BCUT2D eigenvalue weighted by Crippen LogP contribution is 2.29. The highest BCUT2D eigenvalue weighted by Gasteiger charge is 2.24.